The van der Waals surface area contributed by atoms with Gasteiger partial charge >= 0.3 is 0 Å². The van der Waals surface area contributed by atoms with Crippen LogP contribution in [0, 0.1) is 5.21 Å². The molecule has 2 rings (SSSR count). The Morgan fingerprint density at radius 1 is 1.12 bits per heavy atom. The van der Waals surface area contributed by atoms with E-state index >= 15 is 0 Å². The van der Waals surface area contributed by atoms with Crippen molar-refractivity contribution >= 4 is 23.5 Å². The summed E-state index contributed by atoms with van der Waals surface area (Å²) in [7, 11) is 0. The highest BCUT2D eigenvalue weighted by atomic mass is 35.5. The van der Waals surface area contributed by atoms with Crippen molar-refractivity contribution in [2.75, 3.05) is 0 Å². The standard InChI is InChI=1S/C13H10ClNO2/c14-11-4-1-3-10(7-11)9-15(17)12-5-2-6-13(16)8-12/h1-9,16H. The quantitative estimate of drug-likeness (QED) is 0.383. The van der Waals surface area contributed by atoms with Gasteiger partial charge in [0.2, 0.25) is 5.69 Å². The first-order valence-corrected chi connectivity index (χ1v) is 5.39. The minimum atomic E-state index is 0.0582. The molecule has 1 N–H and O–H groups in total. The van der Waals surface area contributed by atoms with Crippen LogP contribution >= 0.6 is 11.6 Å². The molecule has 0 spiro atoms. The molecule has 0 saturated heterocycles. The van der Waals surface area contributed by atoms with Crippen molar-refractivity contribution in [1.29, 1.82) is 0 Å². The normalized spacial score (nSPS) is 11.5. The first-order valence-electron chi connectivity index (χ1n) is 5.01. The minimum Gasteiger partial charge on any atom is -0.618 e. The molecule has 0 heterocycles. The van der Waals surface area contributed by atoms with Gasteiger partial charge < -0.3 is 10.3 Å². The van der Waals surface area contributed by atoms with Gasteiger partial charge in [-0.05, 0) is 24.3 Å². The van der Waals surface area contributed by atoms with Gasteiger partial charge in [0.15, 0.2) is 6.21 Å². The number of benzene rings is 2. The number of aromatic hydroxyl groups is 1. The molecule has 0 bridgehead atoms. The Kier molecular flexibility index (Phi) is 3.30. The van der Waals surface area contributed by atoms with Gasteiger partial charge in [-0.3, -0.25) is 0 Å². The fourth-order valence-corrected chi connectivity index (χ4v) is 1.63. The third kappa shape index (κ3) is 2.98. The van der Waals surface area contributed by atoms with Crippen LogP contribution < -0.4 is 0 Å². The highest BCUT2D eigenvalue weighted by molar-refractivity contribution is 6.30. The first-order chi connectivity index (χ1) is 8.15. The summed E-state index contributed by atoms with van der Waals surface area (Å²) in [5.74, 6) is 0.0582. The van der Waals surface area contributed by atoms with Gasteiger partial charge in [-0.1, -0.05) is 23.7 Å². The lowest BCUT2D eigenvalue weighted by Crippen LogP contribution is -1.98. The molecule has 0 aliphatic rings. The van der Waals surface area contributed by atoms with E-state index in [-0.39, 0.29) is 5.75 Å². The summed E-state index contributed by atoms with van der Waals surface area (Å²) in [5.41, 5.74) is 1.07. The predicted octanol–water partition coefficient (Wildman–Crippen LogP) is 3.31. The van der Waals surface area contributed by atoms with Crippen LogP contribution in [0.2, 0.25) is 5.02 Å². The maximum atomic E-state index is 11.8. The van der Waals surface area contributed by atoms with Crippen LogP contribution in [-0.4, -0.2) is 16.1 Å². The van der Waals surface area contributed by atoms with E-state index in [4.69, 9.17) is 11.6 Å². The van der Waals surface area contributed by atoms with E-state index in [1.54, 1.807) is 36.4 Å². The van der Waals surface area contributed by atoms with Crippen molar-refractivity contribution in [1.82, 2.24) is 0 Å². The highest BCUT2D eigenvalue weighted by Crippen LogP contribution is 2.18. The van der Waals surface area contributed by atoms with E-state index < -0.39 is 0 Å². The number of rotatable bonds is 2. The van der Waals surface area contributed by atoms with Crippen LogP contribution in [0.15, 0.2) is 48.5 Å². The monoisotopic (exact) mass is 247 g/mol. The first kappa shape index (κ1) is 11.5. The molecule has 0 unspecified atom stereocenters. The van der Waals surface area contributed by atoms with E-state index in [9.17, 15) is 10.3 Å². The van der Waals surface area contributed by atoms with Gasteiger partial charge in [-0.25, -0.2) is 0 Å². The zero-order valence-corrected chi connectivity index (χ0v) is 9.63. The van der Waals surface area contributed by atoms with E-state index in [1.165, 1.54) is 18.3 Å². The zero-order valence-electron chi connectivity index (χ0n) is 8.88. The minimum absolute atomic E-state index is 0.0582. The van der Waals surface area contributed by atoms with Crippen molar-refractivity contribution < 1.29 is 9.85 Å². The molecule has 17 heavy (non-hydrogen) atoms. The largest absolute Gasteiger partial charge is 0.618 e. The molecule has 0 amide bonds. The van der Waals surface area contributed by atoms with Gasteiger partial charge in [0, 0.05) is 16.7 Å². The number of halogens is 1. The second kappa shape index (κ2) is 4.89. The maximum Gasteiger partial charge on any atom is 0.220 e. The number of hydrogen-bond acceptors (Lipinski definition) is 2. The lowest BCUT2D eigenvalue weighted by atomic mass is 10.2. The second-order valence-corrected chi connectivity index (χ2v) is 3.97. The van der Waals surface area contributed by atoms with Crippen molar-refractivity contribution in [2.24, 2.45) is 0 Å². The summed E-state index contributed by atoms with van der Waals surface area (Å²) in [5, 5.41) is 21.6. The molecule has 0 aliphatic carbocycles. The van der Waals surface area contributed by atoms with Crippen molar-refractivity contribution in [3.05, 3.63) is 64.3 Å². The topological polar surface area (TPSA) is 46.3 Å². The molecule has 0 radical (unpaired) electrons. The SMILES string of the molecule is [O-][N+](=Cc1cccc(Cl)c1)c1cccc(O)c1. The number of hydrogen-bond donors (Lipinski definition) is 1. The average Bonchev–Trinajstić information content (AvgIpc) is 2.29. The van der Waals surface area contributed by atoms with Gasteiger partial charge in [-0.2, -0.15) is 4.74 Å². The molecule has 0 saturated carbocycles. The molecule has 0 aromatic heterocycles. The van der Waals surface area contributed by atoms with Crippen LogP contribution in [0.1, 0.15) is 5.56 Å². The van der Waals surface area contributed by atoms with E-state index in [0.29, 0.717) is 21.0 Å². The van der Waals surface area contributed by atoms with Crippen molar-refractivity contribution in [3.8, 4) is 5.75 Å². The molecule has 0 aliphatic heterocycles. The van der Waals surface area contributed by atoms with Crippen LogP contribution in [0.4, 0.5) is 5.69 Å². The predicted molar refractivity (Wildman–Crippen MR) is 68.0 cm³/mol. The number of phenolic OH excluding ortho intramolecular Hbond substituents is 1. The summed E-state index contributed by atoms with van der Waals surface area (Å²) >= 11 is 5.82. The Morgan fingerprint density at radius 3 is 2.59 bits per heavy atom. The lowest BCUT2D eigenvalue weighted by Gasteiger charge is -2.03. The van der Waals surface area contributed by atoms with Crippen LogP contribution in [0.5, 0.6) is 5.75 Å². The second-order valence-electron chi connectivity index (χ2n) is 3.53. The van der Waals surface area contributed by atoms with Crippen LogP contribution in [0.3, 0.4) is 0 Å². The van der Waals surface area contributed by atoms with Crippen molar-refractivity contribution in [3.63, 3.8) is 0 Å². The van der Waals surface area contributed by atoms with E-state index in [1.807, 2.05) is 0 Å². The summed E-state index contributed by atoms with van der Waals surface area (Å²) in [6.07, 6.45) is 1.40. The molecule has 0 atom stereocenters. The van der Waals surface area contributed by atoms with Crippen LogP contribution in [-0.2, 0) is 0 Å². The molecule has 3 nitrogen and oxygen atoms in total. The Morgan fingerprint density at radius 2 is 1.88 bits per heavy atom. The summed E-state index contributed by atoms with van der Waals surface area (Å²) in [6, 6.07) is 13.1. The molecule has 2 aromatic carbocycles. The fourth-order valence-electron chi connectivity index (χ4n) is 1.43. The Bertz CT molecular complexity index is 567. The third-order valence-corrected chi connectivity index (χ3v) is 2.43. The van der Waals surface area contributed by atoms with Gasteiger partial charge in [0.1, 0.15) is 5.75 Å². The molecule has 4 heteroatoms. The van der Waals surface area contributed by atoms with Gasteiger partial charge in [0.25, 0.3) is 0 Å². The fraction of sp³-hybridized carbons (Fsp3) is 0. The number of nitrogens with zero attached hydrogens (tertiary/aromatic N) is 1. The molecule has 0 fully saturated rings. The molecular formula is C13H10ClNO2. The van der Waals surface area contributed by atoms with E-state index in [2.05, 4.69) is 0 Å². The van der Waals surface area contributed by atoms with Crippen LogP contribution in [0.25, 0.3) is 0 Å². The summed E-state index contributed by atoms with van der Waals surface area (Å²) < 4.78 is 0.686. The molecule has 2 aromatic rings. The molecular weight excluding hydrogens is 238 g/mol. The Labute approximate surface area is 104 Å². The highest BCUT2D eigenvalue weighted by Gasteiger charge is 2.02. The van der Waals surface area contributed by atoms with Gasteiger partial charge in [0.05, 0.1) is 6.07 Å². The Hall–Kier alpha value is -2.00. The third-order valence-electron chi connectivity index (χ3n) is 2.20. The molecule has 86 valence electrons. The average molecular weight is 248 g/mol. The summed E-state index contributed by atoms with van der Waals surface area (Å²) in [4.78, 5) is 0. The summed E-state index contributed by atoms with van der Waals surface area (Å²) in [6.45, 7) is 0. The maximum absolute atomic E-state index is 11.8. The van der Waals surface area contributed by atoms with Crippen molar-refractivity contribution in [2.45, 2.75) is 0 Å². The Balaban J connectivity index is 2.34. The number of phenols is 1. The lowest BCUT2D eigenvalue weighted by molar-refractivity contribution is -0.354. The zero-order chi connectivity index (χ0) is 12.3. The van der Waals surface area contributed by atoms with E-state index in [0.717, 1.165) is 0 Å². The smallest absolute Gasteiger partial charge is 0.220 e. The van der Waals surface area contributed by atoms with Gasteiger partial charge in [-0.15, -0.1) is 0 Å².